The van der Waals surface area contributed by atoms with Crippen molar-refractivity contribution < 1.29 is 10.2 Å². The Morgan fingerprint density at radius 2 is 2.06 bits per heavy atom. The summed E-state index contributed by atoms with van der Waals surface area (Å²) in [5, 5.41) is 18.6. The second kappa shape index (κ2) is 4.58. The molecule has 0 amide bonds. The number of hydrogen-bond acceptors (Lipinski definition) is 3. The minimum atomic E-state index is -0.284. The van der Waals surface area contributed by atoms with Gasteiger partial charge in [-0.1, -0.05) is 18.2 Å². The Labute approximate surface area is 95.2 Å². The summed E-state index contributed by atoms with van der Waals surface area (Å²) in [7, 11) is 0. The highest BCUT2D eigenvalue weighted by Gasteiger charge is 2.15. The van der Waals surface area contributed by atoms with E-state index in [-0.39, 0.29) is 11.9 Å². The first-order valence-electron chi connectivity index (χ1n) is 5.59. The van der Waals surface area contributed by atoms with Crippen LogP contribution in [-0.2, 0) is 6.42 Å². The number of allylic oxidation sites excluding steroid dienone is 1. The maximum Gasteiger partial charge on any atom is 0.117 e. The average molecular weight is 219 g/mol. The molecule has 1 aromatic rings. The fourth-order valence-electron chi connectivity index (χ4n) is 2.08. The van der Waals surface area contributed by atoms with E-state index in [4.69, 9.17) is 5.73 Å². The number of aromatic hydroxyl groups is 1. The standard InChI is InChI=1S/C13H17NO2/c14-13-8-12(16)6-3-10(13)7-9-1-4-11(15)5-2-9/h1,3-4,6,8-9,11,15-16H,2,5,7,14H2. The topological polar surface area (TPSA) is 66.5 Å². The number of aliphatic hydroxyl groups excluding tert-OH is 1. The van der Waals surface area contributed by atoms with Crippen LogP contribution in [0, 0.1) is 5.92 Å². The summed E-state index contributed by atoms with van der Waals surface area (Å²) in [5.74, 6) is 0.645. The highest BCUT2D eigenvalue weighted by atomic mass is 16.3. The molecule has 0 aliphatic heterocycles. The smallest absolute Gasteiger partial charge is 0.117 e. The zero-order chi connectivity index (χ0) is 11.5. The molecular weight excluding hydrogens is 202 g/mol. The molecule has 2 unspecified atom stereocenters. The van der Waals surface area contributed by atoms with Gasteiger partial charge in [0.1, 0.15) is 5.75 Å². The van der Waals surface area contributed by atoms with Gasteiger partial charge in [-0.05, 0) is 36.8 Å². The predicted octanol–water partition coefficient (Wildman–Crippen LogP) is 1.84. The monoisotopic (exact) mass is 219 g/mol. The molecule has 86 valence electrons. The number of benzene rings is 1. The van der Waals surface area contributed by atoms with Crippen molar-refractivity contribution in [2.24, 2.45) is 5.92 Å². The molecule has 0 spiro atoms. The van der Waals surface area contributed by atoms with Gasteiger partial charge in [0.25, 0.3) is 0 Å². The van der Waals surface area contributed by atoms with Gasteiger partial charge in [-0.3, -0.25) is 0 Å². The average Bonchev–Trinajstić information content (AvgIpc) is 2.25. The number of rotatable bonds is 2. The lowest BCUT2D eigenvalue weighted by Crippen LogP contribution is -2.14. The predicted molar refractivity (Wildman–Crippen MR) is 64.1 cm³/mol. The molecule has 2 rings (SSSR count). The van der Waals surface area contributed by atoms with Gasteiger partial charge in [0, 0.05) is 11.8 Å². The number of anilines is 1. The van der Waals surface area contributed by atoms with Crippen molar-refractivity contribution in [2.45, 2.75) is 25.4 Å². The first-order chi connectivity index (χ1) is 7.65. The summed E-state index contributed by atoms with van der Waals surface area (Å²) in [6.07, 6.45) is 6.30. The Bertz CT molecular complexity index is 401. The molecule has 0 aromatic heterocycles. The van der Waals surface area contributed by atoms with Gasteiger partial charge in [0.05, 0.1) is 6.10 Å². The first-order valence-corrected chi connectivity index (χ1v) is 5.59. The van der Waals surface area contributed by atoms with E-state index in [0.717, 1.165) is 24.8 Å². The molecule has 3 heteroatoms. The lowest BCUT2D eigenvalue weighted by molar-refractivity contribution is 0.195. The molecule has 0 fully saturated rings. The van der Waals surface area contributed by atoms with E-state index < -0.39 is 0 Å². The first kappa shape index (κ1) is 11.0. The van der Waals surface area contributed by atoms with Crippen LogP contribution in [-0.4, -0.2) is 16.3 Å². The third-order valence-electron chi connectivity index (χ3n) is 3.05. The molecule has 16 heavy (non-hydrogen) atoms. The van der Waals surface area contributed by atoms with E-state index in [9.17, 15) is 10.2 Å². The zero-order valence-electron chi connectivity index (χ0n) is 9.13. The third-order valence-corrected chi connectivity index (χ3v) is 3.05. The van der Waals surface area contributed by atoms with E-state index in [1.54, 1.807) is 12.1 Å². The van der Waals surface area contributed by atoms with Gasteiger partial charge < -0.3 is 15.9 Å². The second-order valence-corrected chi connectivity index (χ2v) is 4.38. The molecule has 4 N–H and O–H groups in total. The highest BCUT2D eigenvalue weighted by molar-refractivity contribution is 5.51. The molecule has 1 aliphatic carbocycles. The van der Waals surface area contributed by atoms with E-state index >= 15 is 0 Å². The Morgan fingerprint density at radius 3 is 2.69 bits per heavy atom. The largest absolute Gasteiger partial charge is 0.508 e. The van der Waals surface area contributed by atoms with Gasteiger partial charge in [-0.15, -0.1) is 0 Å². The molecule has 0 saturated carbocycles. The summed E-state index contributed by atoms with van der Waals surface area (Å²) >= 11 is 0. The van der Waals surface area contributed by atoms with Crippen LogP contribution >= 0.6 is 0 Å². The molecule has 3 nitrogen and oxygen atoms in total. The van der Waals surface area contributed by atoms with Crippen molar-refractivity contribution in [2.75, 3.05) is 5.73 Å². The van der Waals surface area contributed by atoms with Crippen LogP contribution < -0.4 is 5.73 Å². The molecule has 0 bridgehead atoms. The molecule has 0 saturated heterocycles. The summed E-state index contributed by atoms with van der Waals surface area (Å²) in [6, 6.07) is 5.10. The van der Waals surface area contributed by atoms with Crippen LogP contribution in [0.2, 0.25) is 0 Å². The van der Waals surface area contributed by atoms with Crippen LogP contribution in [0.25, 0.3) is 0 Å². The summed E-state index contributed by atoms with van der Waals surface area (Å²) in [5.41, 5.74) is 7.53. The summed E-state index contributed by atoms with van der Waals surface area (Å²) in [6.45, 7) is 0. The second-order valence-electron chi connectivity index (χ2n) is 4.38. The van der Waals surface area contributed by atoms with E-state index in [1.165, 1.54) is 0 Å². The van der Waals surface area contributed by atoms with E-state index in [0.29, 0.717) is 11.6 Å². The van der Waals surface area contributed by atoms with Crippen molar-refractivity contribution in [3.63, 3.8) is 0 Å². The number of aliphatic hydroxyl groups is 1. The lowest BCUT2D eigenvalue weighted by Gasteiger charge is -2.20. The van der Waals surface area contributed by atoms with Crippen molar-refractivity contribution in [3.05, 3.63) is 35.9 Å². The number of nitrogens with two attached hydrogens (primary N) is 1. The maximum absolute atomic E-state index is 9.34. The normalized spacial score (nSPS) is 24.6. The molecule has 0 heterocycles. The fraction of sp³-hybridized carbons (Fsp3) is 0.385. The molecule has 1 aliphatic rings. The van der Waals surface area contributed by atoms with Crippen molar-refractivity contribution in [3.8, 4) is 5.75 Å². The highest BCUT2D eigenvalue weighted by Crippen LogP contribution is 2.26. The van der Waals surface area contributed by atoms with E-state index in [2.05, 4.69) is 6.08 Å². The van der Waals surface area contributed by atoms with Gasteiger partial charge in [-0.2, -0.15) is 0 Å². The van der Waals surface area contributed by atoms with Gasteiger partial charge in [0.15, 0.2) is 0 Å². The van der Waals surface area contributed by atoms with E-state index in [1.807, 2.05) is 12.1 Å². The van der Waals surface area contributed by atoms with Crippen LogP contribution in [0.4, 0.5) is 5.69 Å². The number of phenols is 1. The maximum atomic E-state index is 9.34. The van der Waals surface area contributed by atoms with Crippen LogP contribution in [0.5, 0.6) is 5.75 Å². The molecular formula is C13H17NO2. The van der Waals surface area contributed by atoms with Gasteiger partial charge >= 0.3 is 0 Å². The van der Waals surface area contributed by atoms with Gasteiger partial charge in [-0.25, -0.2) is 0 Å². The SMILES string of the molecule is Nc1cc(O)ccc1CC1C=CC(O)CC1. The lowest BCUT2D eigenvalue weighted by atomic mass is 9.88. The Hall–Kier alpha value is -1.48. The number of nitrogen functional groups attached to an aromatic ring is 1. The Morgan fingerprint density at radius 1 is 1.25 bits per heavy atom. The van der Waals surface area contributed by atoms with Crippen molar-refractivity contribution >= 4 is 5.69 Å². The van der Waals surface area contributed by atoms with Crippen LogP contribution in [0.15, 0.2) is 30.4 Å². The number of phenolic OH excluding ortho intramolecular Hbond substituents is 1. The quantitative estimate of drug-likeness (QED) is 0.525. The minimum absolute atomic E-state index is 0.204. The van der Waals surface area contributed by atoms with Crippen LogP contribution in [0.1, 0.15) is 18.4 Å². The van der Waals surface area contributed by atoms with Crippen molar-refractivity contribution in [1.82, 2.24) is 0 Å². The van der Waals surface area contributed by atoms with Crippen molar-refractivity contribution in [1.29, 1.82) is 0 Å². The Balaban J connectivity index is 2.07. The van der Waals surface area contributed by atoms with Crippen LogP contribution in [0.3, 0.4) is 0 Å². The molecule has 1 aromatic carbocycles. The number of hydrogen-bond donors (Lipinski definition) is 3. The summed E-state index contributed by atoms with van der Waals surface area (Å²) < 4.78 is 0. The van der Waals surface area contributed by atoms with Gasteiger partial charge in [0.2, 0.25) is 0 Å². The molecule has 2 atom stereocenters. The third kappa shape index (κ3) is 2.55. The minimum Gasteiger partial charge on any atom is -0.508 e. The Kier molecular flexibility index (Phi) is 3.15. The summed E-state index contributed by atoms with van der Waals surface area (Å²) in [4.78, 5) is 0. The zero-order valence-corrected chi connectivity index (χ0v) is 9.13. The molecule has 0 radical (unpaired) electrons. The fourth-order valence-corrected chi connectivity index (χ4v) is 2.08.